The first-order valence-electron chi connectivity index (χ1n) is 5.46. The number of ether oxygens (including phenoxy) is 1. The Hall–Kier alpha value is -1.12. The topological polar surface area (TPSA) is 43.4 Å². The molecule has 15 heavy (non-hydrogen) atoms. The molecule has 0 aromatic rings. The Kier molecular flexibility index (Phi) is 7.60. The number of carbonyl (C=O) groups excluding carboxylic acids is 2. The molecule has 0 spiro atoms. The molecule has 0 saturated heterocycles. The van der Waals surface area contributed by atoms with Gasteiger partial charge in [-0.1, -0.05) is 39.2 Å². The number of carbonyl (C=O) groups is 2. The Morgan fingerprint density at radius 1 is 1.13 bits per heavy atom. The fourth-order valence-corrected chi connectivity index (χ4v) is 1.10. The van der Waals surface area contributed by atoms with Crippen molar-refractivity contribution >= 4 is 11.8 Å². The summed E-state index contributed by atoms with van der Waals surface area (Å²) >= 11 is 0. The molecule has 0 amide bonds. The first kappa shape index (κ1) is 13.9. The second kappa shape index (κ2) is 8.21. The van der Waals surface area contributed by atoms with Gasteiger partial charge in [0.25, 0.3) is 0 Å². The van der Waals surface area contributed by atoms with Crippen LogP contribution in [-0.4, -0.2) is 18.4 Å². The Bertz CT molecular complexity index is 231. The van der Waals surface area contributed by atoms with Gasteiger partial charge in [-0.15, -0.1) is 0 Å². The third-order valence-electron chi connectivity index (χ3n) is 2.15. The second-order valence-electron chi connectivity index (χ2n) is 3.58. The van der Waals surface area contributed by atoms with Crippen LogP contribution in [0.1, 0.15) is 46.0 Å². The van der Waals surface area contributed by atoms with E-state index in [4.69, 9.17) is 4.74 Å². The van der Waals surface area contributed by atoms with Gasteiger partial charge in [-0.3, -0.25) is 4.79 Å². The monoisotopic (exact) mass is 212 g/mol. The Balaban J connectivity index is 3.47. The molecule has 0 rings (SSSR count). The molecule has 0 aliphatic heterocycles. The van der Waals surface area contributed by atoms with Crippen LogP contribution in [0.2, 0.25) is 0 Å². The Morgan fingerprint density at radius 3 is 2.27 bits per heavy atom. The van der Waals surface area contributed by atoms with Crippen LogP contribution in [0.3, 0.4) is 0 Å². The van der Waals surface area contributed by atoms with E-state index in [1.807, 2.05) is 0 Å². The average Bonchev–Trinajstić information content (AvgIpc) is 2.21. The number of rotatable bonds is 8. The number of hydrogen-bond donors (Lipinski definition) is 0. The van der Waals surface area contributed by atoms with Crippen LogP contribution >= 0.6 is 0 Å². The van der Waals surface area contributed by atoms with E-state index < -0.39 is 5.97 Å². The van der Waals surface area contributed by atoms with Crippen LogP contribution in [0.4, 0.5) is 0 Å². The predicted octanol–water partition coefficient (Wildman–Crippen LogP) is 2.65. The third kappa shape index (κ3) is 6.89. The molecule has 0 saturated carbocycles. The van der Waals surface area contributed by atoms with Crippen LogP contribution in [0, 0.1) is 0 Å². The van der Waals surface area contributed by atoms with Gasteiger partial charge in [0.15, 0.2) is 5.78 Å². The van der Waals surface area contributed by atoms with Gasteiger partial charge in [0, 0.05) is 0 Å². The summed E-state index contributed by atoms with van der Waals surface area (Å²) in [7, 11) is 0. The second-order valence-corrected chi connectivity index (χ2v) is 3.58. The number of esters is 1. The quantitative estimate of drug-likeness (QED) is 0.204. The lowest BCUT2D eigenvalue weighted by atomic mass is 10.2. The number of Topliss-reactive ketones (excluding diaryl/α,β-unsaturated/α-hetero) is 1. The van der Waals surface area contributed by atoms with Crippen molar-refractivity contribution in [3.8, 4) is 0 Å². The summed E-state index contributed by atoms with van der Waals surface area (Å²) in [4.78, 5) is 21.9. The summed E-state index contributed by atoms with van der Waals surface area (Å²) in [5.41, 5.74) is -0.0661. The van der Waals surface area contributed by atoms with Crippen molar-refractivity contribution in [2.45, 2.75) is 46.0 Å². The lowest BCUT2D eigenvalue weighted by molar-refractivity contribution is -0.140. The number of unbranched alkanes of at least 4 members (excludes halogenated alkanes) is 4. The Morgan fingerprint density at radius 2 is 1.73 bits per heavy atom. The summed E-state index contributed by atoms with van der Waals surface area (Å²) in [6.07, 6.45) is 5.50. The molecule has 0 heterocycles. The first-order valence-corrected chi connectivity index (χ1v) is 5.46. The minimum Gasteiger partial charge on any atom is -0.462 e. The fourth-order valence-electron chi connectivity index (χ4n) is 1.10. The largest absolute Gasteiger partial charge is 0.462 e. The van der Waals surface area contributed by atoms with E-state index in [9.17, 15) is 9.59 Å². The highest BCUT2D eigenvalue weighted by Gasteiger charge is 2.12. The highest BCUT2D eigenvalue weighted by atomic mass is 16.5. The van der Waals surface area contributed by atoms with Gasteiger partial charge in [0.05, 0.1) is 12.2 Å². The van der Waals surface area contributed by atoms with Crippen LogP contribution < -0.4 is 0 Å². The molecule has 3 heteroatoms. The van der Waals surface area contributed by atoms with Crippen molar-refractivity contribution < 1.29 is 14.3 Å². The van der Waals surface area contributed by atoms with Crippen molar-refractivity contribution in [2.24, 2.45) is 0 Å². The zero-order chi connectivity index (χ0) is 11.7. The smallest absolute Gasteiger partial charge is 0.341 e. The maximum atomic E-state index is 11.1. The molecule has 0 aromatic heterocycles. The fraction of sp³-hybridized carbons (Fsp3) is 0.667. The van der Waals surface area contributed by atoms with Crippen LogP contribution in [-0.2, 0) is 14.3 Å². The first-order chi connectivity index (χ1) is 7.09. The lowest BCUT2D eigenvalue weighted by Crippen LogP contribution is -2.13. The van der Waals surface area contributed by atoms with Crippen molar-refractivity contribution in [3.63, 3.8) is 0 Å². The molecule has 0 bridgehead atoms. The maximum Gasteiger partial charge on any atom is 0.341 e. The van der Waals surface area contributed by atoms with Crippen molar-refractivity contribution in [2.75, 3.05) is 6.61 Å². The molecule has 0 atom stereocenters. The van der Waals surface area contributed by atoms with E-state index in [1.54, 1.807) is 0 Å². The van der Waals surface area contributed by atoms with E-state index in [1.165, 1.54) is 26.2 Å². The minimum absolute atomic E-state index is 0.0661. The highest BCUT2D eigenvalue weighted by molar-refractivity contribution is 6.15. The van der Waals surface area contributed by atoms with Gasteiger partial charge in [0.2, 0.25) is 0 Å². The summed E-state index contributed by atoms with van der Waals surface area (Å²) in [5.74, 6) is -0.913. The summed E-state index contributed by atoms with van der Waals surface area (Å²) in [6, 6.07) is 0. The Labute approximate surface area is 91.5 Å². The lowest BCUT2D eigenvalue weighted by Gasteiger charge is -2.04. The van der Waals surface area contributed by atoms with Crippen LogP contribution in [0.5, 0.6) is 0 Å². The highest BCUT2D eigenvalue weighted by Crippen LogP contribution is 2.03. The van der Waals surface area contributed by atoms with Crippen molar-refractivity contribution in [3.05, 3.63) is 12.2 Å². The van der Waals surface area contributed by atoms with Crippen LogP contribution in [0.15, 0.2) is 12.2 Å². The summed E-state index contributed by atoms with van der Waals surface area (Å²) < 4.78 is 4.89. The van der Waals surface area contributed by atoms with E-state index in [0.29, 0.717) is 6.61 Å². The molecule has 0 fully saturated rings. The SMILES string of the molecule is C=C(C(C)=O)C(=O)OCCCCCCC. The van der Waals surface area contributed by atoms with Gasteiger partial charge in [-0.2, -0.15) is 0 Å². The molecular formula is C12H20O3. The van der Waals surface area contributed by atoms with Gasteiger partial charge in [-0.05, 0) is 13.3 Å². The van der Waals surface area contributed by atoms with Gasteiger partial charge in [0.1, 0.15) is 0 Å². The predicted molar refractivity (Wildman–Crippen MR) is 59.5 cm³/mol. The molecule has 0 aliphatic rings. The molecule has 0 aromatic carbocycles. The van der Waals surface area contributed by atoms with Crippen LogP contribution in [0.25, 0.3) is 0 Å². The van der Waals surface area contributed by atoms with Crippen molar-refractivity contribution in [1.29, 1.82) is 0 Å². The summed E-state index contributed by atoms with van der Waals surface area (Å²) in [5, 5.41) is 0. The maximum absolute atomic E-state index is 11.1. The third-order valence-corrected chi connectivity index (χ3v) is 2.15. The minimum atomic E-state index is -0.585. The molecule has 0 radical (unpaired) electrons. The van der Waals surface area contributed by atoms with E-state index in [-0.39, 0.29) is 11.4 Å². The molecule has 0 N–H and O–H groups in total. The molecular weight excluding hydrogens is 192 g/mol. The number of hydrogen-bond acceptors (Lipinski definition) is 3. The average molecular weight is 212 g/mol. The zero-order valence-corrected chi connectivity index (χ0v) is 9.67. The number of ketones is 1. The van der Waals surface area contributed by atoms with Gasteiger partial charge in [-0.25, -0.2) is 4.79 Å². The van der Waals surface area contributed by atoms with E-state index in [0.717, 1.165) is 12.8 Å². The summed E-state index contributed by atoms with van der Waals surface area (Å²) in [6.45, 7) is 7.20. The molecule has 0 aliphatic carbocycles. The normalized spacial score (nSPS) is 9.73. The van der Waals surface area contributed by atoms with Gasteiger partial charge < -0.3 is 4.74 Å². The molecule has 0 unspecified atom stereocenters. The van der Waals surface area contributed by atoms with E-state index in [2.05, 4.69) is 13.5 Å². The molecule has 3 nitrogen and oxygen atoms in total. The van der Waals surface area contributed by atoms with E-state index >= 15 is 0 Å². The zero-order valence-electron chi connectivity index (χ0n) is 9.67. The standard InChI is InChI=1S/C12H20O3/c1-4-5-6-7-8-9-15-12(14)10(2)11(3)13/h2,4-9H2,1,3H3. The molecule has 86 valence electrons. The van der Waals surface area contributed by atoms with Crippen molar-refractivity contribution in [1.82, 2.24) is 0 Å². The van der Waals surface area contributed by atoms with Gasteiger partial charge >= 0.3 is 5.97 Å².